The minimum Gasteiger partial charge on any atom is -0.478 e. The van der Waals surface area contributed by atoms with E-state index in [0.717, 1.165) is 0 Å². The average Bonchev–Trinajstić information content (AvgIpc) is 2.49. The van der Waals surface area contributed by atoms with Crippen LogP contribution >= 0.6 is 0 Å². The van der Waals surface area contributed by atoms with Crippen LogP contribution in [0.5, 0.6) is 5.75 Å². The Kier molecular flexibility index (Phi) is 4.74. The van der Waals surface area contributed by atoms with E-state index < -0.39 is 5.60 Å². The molecule has 0 bridgehead atoms. The molecule has 0 saturated carbocycles. The number of ether oxygens (including phenoxy) is 1. The Bertz CT molecular complexity index is 628. The third kappa shape index (κ3) is 3.92. The second-order valence-corrected chi connectivity index (χ2v) is 5.88. The van der Waals surface area contributed by atoms with Crippen LogP contribution in [0.15, 0.2) is 24.3 Å². The molecule has 2 rings (SSSR count). The van der Waals surface area contributed by atoms with E-state index in [2.05, 4.69) is 10.6 Å². The summed E-state index contributed by atoms with van der Waals surface area (Å²) in [6.45, 7) is 4.33. The van der Waals surface area contributed by atoms with Crippen LogP contribution < -0.4 is 15.4 Å². The number of nitrogens with zero attached hydrogens (tertiary/aromatic N) is 2. The molecule has 1 fully saturated rings. The number of urea groups is 1. The first-order chi connectivity index (χ1) is 10.9. The molecule has 2 N–H and O–H groups in total. The van der Waals surface area contributed by atoms with Crippen molar-refractivity contribution < 1.29 is 14.3 Å². The van der Waals surface area contributed by atoms with Crippen molar-refractivity contribution in [1.82, 2.24) is 15.5 Å². The van der Waals surface area contributed by atoms with Gasteiger partial charge in [-0.05, 0) is 38.1 Å². The van der Waals surface area contributed by atoms with Gasteiger partial charge < -0.3 is 20.3 Å². The zero-order valence-electron chi connectivity index (χ0n) is 13.4. The first kappa shape index (κ1) is 16.6. The van der Waals surface area contributed by atoms with Gasteiger partial charge in [0.1, 0.15) is 5.75 Å². The standard InChI is InChI=1S/C16H20N4O3/c1-16(2,23-13-6-4-11(8-17)5-7-13)14(21)20-9-12(10-20)19-15(22)18-3/h4-7,12H,9-10H2,1-3H3,(H2,18,19,22). The summed E-state index contributed by atoms with van der Waals surface area (Å²) in [5.41, 5.74) is -0.487. The summed E-state index contributed by atoms with van der Waals surface area (Å²) in [5.74, 6) is 0.389. The molecule has 0 aromatic heterocycles. The van der Waals surface area contributed by atoms with E-state index in [1.165, 1.54) is 0 Å². The minimum atomic E-state index is -1.02. The first-order valence-corrected chi connectivity index (χ1v) is 7.32. The van der Waals surface area contributed by atoms with Crippen molar-refractivity contribution in [3.63, 3.8) is 0 Å². The average molecular weight is 316 g/mol. The van der Waals surface area contributed by atoms with E-state index in [1.54, 1.807) is 50.1 Å². The zero-order chi connectivity index (χ0) is 17.0. The van der Waals surface area contributed by atoms with Crippen LogP contribution in [0, 0.1) is 11.3 Å². The monoisotopic (exact) mass is 316 g/mol. The summed E-state index contributed by atoms with van der Waals surface area (Å²) in [7, 11) is 1.55. The Hall–Kier alpha value is -2.75. The Morgan fingerprint density at radius 1 is 1.30 bits per heavy atom. The maximum absolute atomic E-state index is 12.5. The highest BCUT2D eigenvalue weighted by molar-refractivity contribution is 5.86. The van der Waals surface area contributed by atoms with Crippen LogP contribution in [0.1, 0.15) is 19.4 Å². The molecule has 1 aliphatic heterocycles. The number of carbonyl (C=O) groups is 2. The molecule has 3 amide bonds. The number of amides is 3. The molecule has 7 heteroatoms. The van der Waals surface area contributed by atoms with Gasteiger partial charge in [0.2, 0.25) is 0 Å². The molecule has 122 valence electrons. The lowest BCUT2D eigenvalue weighted by molar-refractivity contribution is -0.150. The van der Waals surface area contributed by atoms with Gasteiger partial charge in [0.15, 0.2) is 5.60 Å². The summed E-state index contributed by atoms with van der Waals surface area (Å²) in [4.78, 5) is 25.3. The fraction of sp³-hybridized carbons (Fsp3) is 0.438. The van der Waals surface area contributed by atoms with Crippen molar-refractivity contribution in [2.24, 2.45) is 0 Å². The van der Waals surface area contributed by atoms with Crippen molar-refractivity contribution in [3.8, 4) is 11.8 Å². The molecule has 1 saturated heterocycles. The van der Waals surface area contributed by atoms with Crippen LogP contribution in [0.4, 0.5) is 4.79 Å². The van der Waals surface area contributed by atoms with E-state index in [0.29, 0.717) is 24.4 Å². The van der Waals surface area contributed by atoms with Gasteiger partial charge in [-0.3, -0.25) is 4.79 Å². The smallest absolute Gasteiger partial charge is 0.314 e. The maximum atomic E-state index is 12.5. The molecule has 0 aliphatic carbocycles. The van der Waals surface area contributed by atoms with E-state index in [9.17, 15) is 9.59 Å². The molecule has 0 unspecified atom stereocenters. The second kappa shape index (κ2) is 6.57. The zero-order valence-corrected chi connectivity index (χ0v) is 13.4. The van der Waals surface area contributed by atoms with E-state index in [1.807, 2.05) is 6.07 Å². The summed E-state index contributed by atoms with van der Waals surface area (Å²) < 4.78 is 5.76. The third-order valence-electron chi connectivity index (χ3n) is 3.60. The number of benzene rings is 1. The third-order valence-corrected chi connectivity index (χ3v) is 3.60. The van der Waals surface area contributed by atoms with E-state index >= 15 is 0 Å². The van der Waals surface area contributed by atoms with Gasteiger partial charge in [0, 0.05) is 20.1 Å². The lowest BCUT2D eigenvalue weighted by Gasteiger charge is -2.42. The van der Waals surface area contributed by atoms with Crippen molar-refractivity contribution in [3.05, 3.63) is 29.8 Å². The highest BCUT2D eigenvalue weighted by atomic mass is 16.5. The number of rotatable bonds is 4. The largest absolute Gasteiger partial charge is 0.478 e. The summed E-state index contributed by atoms with van der Waals surface area (Å²) in [6.07, 6.45) is 0. The molecule has 0 spiro atoms. The number of carbonyl (C=O) groups excluding carboxylic acids is 2. The minimum absolute atomic E-state index is 0.0374. The molecule has 7 nitrogen and oxygen atoms in total. The lowest BCUT2D eigenvalue weighted by Crippen LogP contribution is -2.65. The summed E-state index contributed by atoms with van der Waals surface area (Å²) in [6, 6.07) is 8.36. The Labute approximate surface area is 135 Å². The molecule has 23 heavy (non-hydrogen) atoms. The first-order valence-electron chi connectivity index (χ1n) is 7.32. The summed E-state index contributed by atoms with van der Waals surface area (Å²) in [5, 5.41) is 14.0. The van der Waals surface area contributed by atoms with Gasteiger partial charge >= 0.3 is 6.03 Å². The number of nitrogens with one attached hydrogen (secondary N) is 2. The number of hydrogen-bond donors (Lipinski definition) is 2. The Morgan fingerprint density at radius 2 is 1.91 bits per heavy atom. The van der Waals surface area contributed by atoms with Gasteiger partial charge in [-0.15, -0.1) is 0 Å². The Morgan fingerprint density at radius 3 is 2.43 bits per heavy atom. The van der Waals surface area contributed by atoms with Crippen LogP contribution in [0.25, 0.3) is 0 Å². The molecule has 1 heterocycles. The van der Waals surface area contributed by atoms with Gasteiger partial charge in [-0.1, -0.05) is 0 Å². The van der Waals surface area contributed by atoms with Crippen LogP contribution in [-0.2, 0) is 4.79 Å². The highest BCUT2D eigenvalue weighted by Gasteiger charge is 2.40. The molecular weight excluding hydrogens is 296 g/mol. The fourth-order valence-corrected chi connectivity index (χ4v) is 2.31. The van der Waals surface area contributed by atoms with Crippen molar-refractivity contribution >= 4 is 11.9 Å². The molecule has 0 radical (unpaired) electrons. The van der Waals surface area contributed by atoms with E-state index in [-0.39, 0.29) is 18.0 Å². The number of likely N-dealkylation sites (tertiary alicyclic amines) is 1. The number of nitriles is 1. The van der Waals surface area contributed by atoms with Gasteiger partial charge in [-0.25, -0.2) is 4.79 Å². The van der Waals surface area contributed by atoms with Gasteiger partial charge in [0.05, 0.1) is 17.7 Å². The molecular formula is C16H20N4O3. The molecule has 0 atom stereocenters. The summed E-state index contributed by atoms with van der Waals surface area (Å²) >= 11 is 0. The fourth-order valence-electron chi connectivity index (χ4n) is 2.31. The van der Waals surface area contributed by atoms with Crippen LogP contribution in [0.2, 0.25) is 0 Å². The van der Waals surface area contributed by atoms with Crippen molar-refractivity contribution in [2.45, 2.75) is 25.5 Å². The van der Waals surface area contributed by atoms with Crippen LogP contribution in [-0.4, -0.2) is 48.6 Å². The quantitative estimate of drug-likeness (QED) is 0.861. The van der Waals surface area contributed by atoms with E-state index in [4.69, 9.17) is 10.00 Å². The number of hydrogen-bond acceptors (Lipinski definition) is 4. The Balaban J connectivity index is 1.90. The van der Waals surface area contributed by atoms with Crippen molar-refractivity contribution in [1.29, 1.82) is 5.26 Å². The SMILES string of the molecule is CNC(=O)NC1CN(C(=O)C(C)(C)Oc2ccc(C#N)cc2)C1. The molecule has 1 aliphatic rings. The van der Waals surface area contributed by atoms with Crippen molar-refractivity contribution in [2.75, 3.05) is 20.1 Å². The second-order valence-electron chi connectivity index (χ2n) is 5.88. The maximum Gasteiger partial charge on any atom is 0.314 e. The predicted octanol–water partition coefficient (Wildman–Crippen LogP) is 0.855. The predicted molar refractivity (Wildman–Crippen MR) is 83.8 cm³/mol. The van der Waals surface area contributed by atoms with Gasteiger partial charge in [-0.2, -0.15) is 5.26 Å². The molecule has 1 aromatic rings. The lowest BCUT2D eigenvalue weighted by atomic mass is 10.0. The topological polar surface area (TPSA) is 94.5 Å². The van der Waals surface area contributed by atoms with Crippen LogP contribution in [0.3, 0.4) is 0 Å². The highest BCUT2D eigenvalue weighted by Crippen LogP contribution is 2.23. The molecule has 1 aromatic carbocycles. The van der Waals surface area contributed by atoms with Gasteiger partial charge in [0.25, 0.3) is 5.91 Å². The normalized spacial score (nSPS) is 14.4.